The molecule has 3 heterocycles. The van der Waals surface area contributed by atoms with E-state index in [-0.39, 0.29) is 17.2 Å². The summed E-state index contributed by atoms with van der Waals surface area (Å²) in [5.41, 5.74) is 5.24. The van der Waals surface area contributed by atoms with Gasteiger partial charge in [-0.25, -0.2) is 9.48 Å². The molecule has 1 fully saturated rings. The van der Waals surface area contributed by atoms with Gasteiger partial charge in [0.2, 0.25) is 0 Å². The molecule has 10 heteroatoms. The van der Waals surface area contributed by atoms with Crippen LogP contribution in [0.5, 0.6) is 5.75 Å². The Kier molecular flexibility index (Phi) is 7.74. The predicted octanol–water partition coefficient (Wildman–Crippen LogP) is 7.94. The van der Waals surface area contributed by atoms with Gasteiger partial charge in [-0.2, -0.15) is 5.10 Å². The molecule has 9 nitrogen and oxygen atoms in total. The highest BCUT2D eigenvalue weighted by atomic mass is 32.2. The maximum absolute atomic E-state index is 13.3. The highest BCUT2D eigenvalue weighted by Gasteiger charge is 2.25. The van der Waals surface area contributed by atoms with E-state index >= 15 is 0 Å². The van der Waals surface area contributed by atoms with Gasteiger partial charge in [-0.05, 0) is 72.4 Å². The molecule has 3 N–H and O–H groups in total. The lowest BCUT2D eigenvalue weighted by Gasteiger charge is -2.14. The molecular weight excluding hydrogens is 595 g/mol. The molecule has 46 heavy (non-hydrogen) atoms. The van der Waals surface area contributed by atoms with E-state index in [1.54, 1.807) is 23.9 Å². The van der Waals surface area contributed by atoms with Crippen LogP contribution in [0.2, 0.25) is 0 Å². The van der Waals surface area contributed by atoms with E-state index in [0.29, 0.717) is 35.3 Å². The number of rotatable bonds is 8. The van der Waals surface area contributed by atoms with Gasteiger partial charge in [0.05, 0.1) is 16.9 Å². The topological polar surface area (TPSA) is 109 Å². The number of nitrogens with zero attached hydrogens (tertiary/aromatic N) is 5. The van der Waals surface area contributed by atoms with Crippen LogP contribution in [-0.4, -0.2) is 35.5 Å². The van der Waals surface area contributed by atoms with E-state index < -0.39 is 0 Å². The molecule has 0 bridgehead atoms. The van der Waals surface area contributed by atoms with Crippen molar-refractivity contribution in [3.05, 3.63) is 114 Å². The first kappa shape index (κ1) is 29.6. The first-order valence-corrected chi connectivity index (χ1v) is 16.2. The number of aromatic hydroxyl groups is 1. The molecular formula is C36H35N7O2S. The largest absolute Gasteiger partial charge is 0.507 e. The van der Waals surface area contributed by atoms with Crippen molar-refractivity contribution in [1.29, 1.82) is 0 Å². The van der Waals surface area contributed by atoms with Crippen molar-refractivity contribution in [3.63, 3.8) is 0 Å². The first-order chi connectivity index (χ1) is 22.2. The average Bonchev–Trinajstić information content (AvgIpc) is 3.68. The normalized spacial score (nSPS) is 13.2. The molecule has 0 aliphatic heterocycles. The standard InChI is InChI=1S/C36H35N7O2S/c1-36(2,3)31-20-33(43(41-31)26-11-8-10-24(19-26)23-15-16-23)38-35(45)37-21-25-9-4-7-14-30(25)46-27-17-18-32-39-40-34(42(32)22-27)28-12-5-6-13-29(28)44/h4-14,17-20,22-23,44H,15-16,21H2,1-3H3,(H2,37,38,45). The second kappa shape index (κ2) is 12.0. The van der Waals surface area contributed by atoms with Crippen molar-refractivity contribution in [2.75, 3.05) is 5.32 Å². The SMILES string of the molecule is CC(C)(C)c1cc(NC(=O)NCc2ccccc2Sc2ccc3nnc(-c4ccccc4O)n3c2)n(-c2cccc(C3CC3)c2)n1. The molecule has 232 valence electrons. The first-order valence-electron chi connectivity index (χ1n) is 15.4. The molecule has 1 aliphatic carbocycles. The minimum absolute atomic E-state index is 0.147. The molecule has 0 saturated heterocycles. The fourth-order valence-corrected chi connectivity index (χ4v) is 6.32. The van der Waals surface area contributed by atoms with Gasteiger partial charge in [0.25, 0.3) is 0 Å². The number of anilines is 1. The van der Waals surface area contributed by atoms with Crippen molar-refractivity contribution < 1.29 is 9.90 Å². The van der Waals surface area contributed by atoms with Gasteiger partial charge in [-0.15, -0.1) is 10.2 Å². The van der Waals surface area contributed by atoms with Crippen LogP contribution in [0.25, 0.3) is 22.7 Å². The van der Waals surface area contributed by atoms with Gasteiger partial charge in [0.15, 0.2) is 11.5 Å². The Morgan fingerprint density at radius 3 is 2.57 bits per heavy atom. The number of phenolic OH excluding ortho intramolecular Hbond substituents is 1. The highest BCUT2D eigenvalue weighted by molar-refractivity contribution is 7.99. The summed E-state index contributed by atoms with van der Waals surface area (Å²) in [7, 11) is 0. The number of pyridine rings is 1. The third kappa shape index (κ3) is 6.21. The van der Waals surface area contributed by atoms with Crippen LogP contribution in [0.1, 0.15) is 56.4 Å². The van der Waals surface area contributed by atoms with Crippen LogP contribution in [0, 0.1) is 0 Å². The van der Waals surface area contributed by atoms with Crippen molar-refractivity contribution in [2.45, 2.75) is 61.3 Å². The van der Waals surface area contributed by atoms with E-state index in [0.717, 1.165) is 26.7 Å². The fraction of sp³-hybridized carbons (Fsp3) is 0.222. The summed E-state index contributed by atoms with van der Waals surface area (Å²) in [5.74, 6) is 1.96. The molecule has 0 spiro atoms. The zero-order valence-corrected chi connectivity index (χ0v) is 26.8. The Balaban J connectivity index is 1.09. The second-order valence-corrected chi connectivity index (χ2v) is 13.7. The van der Waals surface area contributed by atoms with Crippen molar-refractivity contribution >= 4 is 29.3 Å². The number of urea groups is 1. The Morgan fingerprint density at radius 1 is 0.957 bits per heavy atom. The molecule has 1 saturated carbocycles. The van der Waals surface area contributed by atoms with Crippen LogP contribution in [-0.2, 0) is 12.0 Å². The van der Waals surface area contributed by atoms with Crippen molar-refractivity contribution in [1.82, 2.24) is 29.7 Å². The van der Waals surface area contributed by atoms with E-state index in [4.69, 9.17) is 5.10 Å². The predicted molar refractivity (Wildman–Crippen MR) is 181 cm³/mol. The number of phenols is 1. The Hall–Kier alpha value is -5.09. The summed E-state index contributed by atoms with van der Waals surface area (Å²) >= 11 is 1.59. The lowest BCUT2D eigenvalue weighted by molar-refractivity contribution is 0.251. The quantitative estimate of drug-likeness (QED) is 0.158. The lowest BCUT2D eigenvalue weighted by atomic mass is 9.92. The third-order valence-electron chi connectivity index (χ3n) is 8.04. The number of benzene rings is 3. The van der Waals surface area contributed by atoms with E-state index in [2.05, 4.69) is 59.8 Å². The average molecular weight is 630 g/mol. The molecule has 0 atom stereocenters. The van der Waals surface area contributed by atoms with Gasteiger partial charge < -0.3 is 10.4 Å². The van der Waals surface area contributed by atoms with Crippen LogP contribution in [0.4, 0.5) is 10.6 Å². The summed E-state index contributed by atoms with van der Waals surface area (Å²) in [4.78, 5) is 15.3. The molecule has 0 radical (unpaired) electrons. The second-order valence-electron chi connectivity index (χ2n) is 12.6. The van der Waals surface area contributed by atoms with E-state index in [9.17, 15) is 9.90 Å². The van der Waals surface area contributed by atoms with Crippen LogP contribution >= 0.6 is 11.8 Å². The van der Waals surface area contributed by atoms with Gasteiger partial charge in [0, 0.05) is 34.0 Å². The molecule has 1 aliphatic rings. The molecule has 3 aromatic heterocycles. The van der Waals surface area contributed by atoms with Gasteiger partial charge in [-0.3, -0.25) is 9.72 Å². The van der Waals surface area contributed by atoms with Crippen LogP contribution < -0.4 is 10.6 Å². The number of hydrogen-bond donors (Lipinski definition) is 3. The minimum Gasteiger partial charge on any atom is -0.507 e. The number of carbonyl (C=O) groups is 1. The Morgan fingerprint density at radius 2 is 1.76 bits per heavy atom. The zero-order valence-electron chi connectivity index (χ0n) is 25.9. The molecule has 3 aromatic carbocycles. The molecule has 2 amide bonds. The number of carbonyl (C=O) groups excluding carboxylic acids is 1. The third-order valence-corrected chi connectivity index (χ3v) is 9.14. The number of fused-ring (bicyclic) bond motifs is 1. The van der Waals surface area contributed by atoms with E-state index in [1.807, 2.05) is 75.9 Å². The summed E-state index contributed by atoms with van der Waals surface area (Å²) in [6.07, 6.45) is 4.40. The fourth-order valence-electron chi connectivity index (χ4n) is 5.35. The van der Waals surface area contributed by atoms with Gasteiger partial charge in [0.1, 0.15) is 11.6 Å². The minimum atomic E-state index is -0.307. The smallest absolute Gasteiger partial charge is 0.320 e. The van der Waals surface area contributed by atoms with E-state index in [1.165, 1.54) is 18.4 Å². The summed E-state index contributed by atoms with van der Waals surface area (Å²) < 4.78 is 3.71. The maximum atomic E-state index is 13.3. The number of aromatic nitrogens is 5. The molecule has 7 rings (SSSR count). The number of hydrogen-bond acceptors (Lipinski definition) is 6. The highest BCUT2D eigenvalue weighted by Crippen LogP contribution is 2.41. The van der Waals surface area contributed by atoms with Gasteiger partial charge >= 0.3 is 6.03 Å². The summed E-state index contributed by atoms with van der Waals surface area (Å²) in [6.45, 7) is 6.69. The number of para-hydroxylation sites is 1. The molecule has 6 aromatic rings. The van der Waals surface area contributed by atoms with Crippen molar-refractivity contribution in [2.24, 2.45) is 0 Å². The number of nitrogens with one attached hydrogen (secondary N) is 2. The van der Waals surface area contributed by atoms with Gasteiger partial charge in [-0.1, -0.05) is 75.0 Å². The molecule has 0 unspecified atom stereocenters. The lowest BCUT2D eigenvalue weighted by Crippen LogP contribution is -2.29. The zero-order chi connectivity index (χ0) is 31.8. The Bertz CT molecular complexity index is 2060. The maximum Gasteiger partial charge on any atom is 0.320 e. The summed E-state index contributed by atoms with van der Waals surface area (Å²) in [5, 5.41) is 30.0. The van der Waals surface area contributed by atoms with Crippen molar-refractivity contribution in [3.8, 4) is 22.8 Å². The monoisotopic (exact) mass is 629 g/mol. The summed E-state index contributed by atoms with van der Waals surface area (Å²) in [6, 6.07) is 29.1. The van der Waals surface area contributed by atoms with Crippen LogP contribution in [0.15, 0.2) is 107 Å². The Labute approximate surface area is 271 Å². The van der Waals surface area contributed by atoms with Crippen LogP contribution in [0.3, 0.4) is 0 Å². The number of amides is 2.